The average Bonchev–Trinajstić information content (AvgIpc) is 2.48. The molecule has 18 heavy (non-hydrogen) atoms. The van der Waals surface area contributed by atoms with Crippen LogP contribution in [0.1, 0.15) is 13.3 Å². The van der Waals surface area contributed by atoms with Crippen LogP contribution in [0.4, 0.5) is 22.0 Å². The molecule has 4 nitrogen and oxygen atoms in total. The molecule has 0 aromatic heterocycles. The van der Waals surface area contributed by atoms with E-state index in [0.717, 1.165) is 0 Å². The van der Waals surface area contributed by atoms with Crippen LogP contribution < -0.4 is 0 Å². The summed E-state index contributed by atoms with van der Waals surface area (Å²) in [7, 11) is 0. The largest absolute Gasteiger partial charge is 0.465 e. The molecular weight excluding hydrogens is 267 g/mol. The molecule has 1 rings (SSSR count). The lowest BCUT2D eigenvalue weighted by Gasteiger charge is -2.31. The zero-order valence-electron chi connectivity index (χ0n) is 9.26. The number of hydrogen-bond donors (Lipinski definition) is 1. The number of hydrogen-bond acceptors (Lipinski definition) is 4. The van der Waals surface area contributed by atoms with Crippen molar-refractivity contribution in [2.75, 3.05) is 13.2 Å². The Labute approximate surface area is 98.7 Å². The van der Waals surface area contributed by atoms with E-state index in [1.807, 2.05) is 0 Å². The van der Waals surface area contributed by atoms with E-state index in [-0.39, 0.29) is 6.42 Å². The molecular formula is C9H11F5O4. The number of carbonyl (C=O) groups excluding carboxylic acids is 1. The first-order chi connectivity index (χ1) is 8.06. The Morgan fingerprint density at radius 1 is 1.50 bits per heavy atom. The number of halogens is 5. The van der Waals surface area contributed by atoms with Gasteiger partial charge in [0.15, 0.2) is 0 Å². The summed E-state index contributed by atoms with van der Waals surface area (Å²) >= 11 is 0. The second-order valence-electron chi connectivity index (χ2n) is 3.81. The minimum absolute atomic E-state index is 0.0946. The Bertz CT molecular complexity index is 329. The van der Waals surface area contributed by atoms with Crippen LogP contribution in [0.25, 0.3) is 0 Å². The fraction of sp³-hybridized carbons (Fsp3) is 0.889. The summed E-state index contributed by atoms with van der Waals surface area (Å²) in [5.41, 5.74) is 0. The fourth-order valence-electron chi connectivity index (χ4n) is 1.42. The van der Waals surface area contributed by atoms with E-state index in [9.17, 15) is 26.7 Å². The van der Waals surface area contributed by atoms with Gasteiger partial charge in [0.05, 0.1) is 12.5 Å². The lowest BCUT2D eigenvalue weighted by Crippen LogP contribution is -2.58. The molecule has 0 aromatic rings. The van der Waals surface area contributed by atoms with Crippen molar-refractivity contribution in [2.24, 2.45) is 5.92 Å². The molecule has 9 heteroatoms. The van der Waals surface area contributed by atoms with Crippen LogP contribution in [-0.4, -0.2) is 42.2 Å². The monoisotopic (exact) mass is 278 g/mol. The van der Waals surface area contributed by atoms with Crippen molar-refractivity contribution in [3.05, 3.63) is 0 Å². The SMILES string of the molecule is CCC(=O)OCC1COC(O)(C(F)(F)F)C1(F)F. The molecule has 0 bridgehead atoms. The topological polar surface area (TPSA) is 55.8 Å². The predicted octanol–water partition coefficient (Wildman–Crippen LogP) is 1.47. The molecule has 0 spiro atoms. The predicted molar refractivity (Wildman–Crippen MR) is 46.6 cm³/mol. The second-order valence-corrected chi connectivity index (χ2v) is 3.81. The van der Waals surface area contributed by atoms with Gasteiger partial charge in [-0.3, -0.25) is 4.79 Å². The van der Waals surface area contributed by atoms with Gasteiger partial charge in [-0.05, 0) is 0 Å². The number of esters is 1. The highest BCUT2D eigenvalue weighted by Gasteiger charge is 2.77. The summed E-state index contributed by atoms with van der Waals surface area (Å²) in [5, 5.41) is 8.91. The van der Waals surface area contributed by atoms with Gasteiger partial charge in [-0.15, -0.1) is 0 Å². The molecule has 2 atom stereocenters. The maximum atomic E-state index is 13.4. The maximum Gasteiger partial charge on any atom is 0.449 e. The highest BCUT2D eigenvalue weighted by molar-refractivity contribution is 5.68. The molecule has 0 amide bonds. The molecule has 1 saturated heterocycles. The highest BCUT2D eigenvalue weighted by atomic mass is 19.4. The Hall–Kier alpha value is -0.960. The third-order valence-electron chi connectivity index (χ3n) is 2.58. The van der Waals surface area contributed by atoms with Gasteiger partial charge in [-0.25, -0.2) is 0 Å². The molecule has 1 heterocycles. The third kappa shape index (κ3) is 2.28. The van der Waals surface area contributed by atoms with Crippen molar-refractivity contribution in [3.63, 3.8) is 0 Å². The molecule has 0 aromatic carbocycles. The Morgan fingerprint density at radius 2 is 2.06 bits per heavy atom. The Kier molecular flexibility index (Phi) is 3.87. The van der Waals surface area contributed by atoms with E-state index in [2.05, 4.69) is 9.47 Å². The van der Waals surface area contributed by atoms with Gasteiger partial charge in [0.2, 0.25) is 0 Å². The second kappa shape index (κ2) is 4.61. The zero-order valence-corrected chi connectivity index (χ0v) is 9.26. The number of carbonyl (C=O) groups is 1. The minimum Gasteiger partial charge on any atom is -0.465 e. The number of rotatable bonds is 3. The first-order valence-corrected chi connectivity index (χ1v) is 5.02. The van der Waals surface area contributed by atoms with Crippen LogP contribution in [0.5, 0.6) is 0 Å². The summed E-state index contributed by atoms with van der Waals surface area (Å²) in [6, 6.07) is 0. The van der Waals surface area contributed by atoms with Crippen LogP contribution in [0.2, 0.25) is 0 Å². The van der Waals surface area contributed by atoms with Gasteiger partial charge in [0, 0.05) is 6.42 Å². The molecule has 0 saturated carbocycles. The lowest BCUT2D eigenvalue weighted by molar-refractivity contribution is -0.404. The van der Waals surface area contributed by atoms with Crippen molar-refractivity contribution in [1.82, 2.24) is 0 Å². The van der Waals surface area contributed by atoms with E-state index in [0.29, 0.717) is 0 Å². The quantitative estimate of drug-likeness (QED) is 0.627. The van der Waals surface area contributed by atoms with Crippen molar-refractivity contribution in [3.8, 4) is 0 Å². The van der Waals surface area contributed by atoms with Gasteiger partial charge < -0.3 is 14.6 Å². The number of alkyl halides is 5. The van der Waals surface area contributed by atoms with Crippen LogP contribution >= 0.6 is 0 Å². The molecule has 1 N–H and O–H groups in total. The first-order valence-electron chi connectivity index (χ1n) is 5.02. The molecule has 1 fully saturated rings. The summed E-state index contributed by atoms with van der Waals surface area (Å²) < 4.78 is 71.9. The smallest absolute Gasteiger partial charge is 0.449 e. The minimum atomic E-state index is -5.64. The maximum absolute atomic E-state index is 13.4. The van der Waals surface area contributed by atoms with Crippen molar-refractivity contribution in [1.29, 1.82) is 0 Å². The average molecular weight is 278 g/mol. The van der Waals surface area contributed by atoms with Crippen LogP contribution in [0.3, 0.4) is 0 Å². The van der Waals surface area contributed by atoms with Crippen molar-refractivity contribution >= 4 is 5.97 Å². The van der Waals surface area contributed by atoms with Gasteiger partial charge >= 0.3 is 23.9 Å². The summed E-state index contributed by atoms with van der Waals surface area (Å²) in [5.74, 6) is -12.0. The molecule has 0 aliphatic carbocycles. The summed E-state index contributed by atoms with van der Waals surface area (Å²) in [6.07, 6.45) is -5.73. The van der Waals surface area contributed by atoms with Crippen LogP contribution in [-0.2, 0) is 14.3 Å². The normalized spacial score (nSPS) is 31.4. The van der Waals surface area contributed by atoms with Crippen LogP contribution in [0.15, 0.2) is 0 Å². The number of aliphatic hydroxyl groups is 1. The van der Waals surface area contributed by atoms with Crippen molar-refractivity contribution in [2.45, 2.75) is 31.2 Å². The summed E-state index contributed by atoms with van der Waals surface area (Å²) in [4.78, 5) is 10.7. The molecule has 106 valence electrons. The van der Waals surface area contributed by atoms with E-state index >= 15 is 0 Å². The van der Waals surface area contributed by atoms with Gasteiger partial charge in [0.25, 0.3) is 0 Å². The Morgan fingerprint density at radius 3 is 2.44 bits per heavy atom. The van der Waals surface area contributed by atoms with E-state index in [4.69, 9.17) is 5.11 Å². The third-order valence-corrected chi connectivity index (χ3v) is 2.58. The molecule has 1 aliphatic heterocycles. The molecule has 2 unspecified atom stereocenters. The molecule has 0 radical (unpaired) electrons. The van der Waals surface area contributed by atoms with E-state index in [1.54, 1.807) is 0 Å². The standard InChI is InChI=1S/C9H11F5O4/c1-2-6(15)17-3-5-4-18-8(16,7(5,10)11)9(12,13)14/h5,16H,2-4H2,1H3. The van der Waals surface area contributed by atoms with Gasteiger partial charge in [-0.2, -0.15) is 22.0 Å². The van der Waals surface area contributed by atoms with Gasteiger partial charge in [-0.1, -0.05) is 6.92 Å². The van der Waals surface area contributed by atoms with Crippen LogP contribution in [0, 0.1) is 5.92 Å². The van der Waals surface area contributed by atoms with Crippen molar-refractivity contribution < 1.29 is 41.3 Å². The fourth-order valence-corrected chi connectivity index (χ4v) is 1.42. The first kappa shape index (κ1) is 15.1. The Balaban J connectivity index is 2.80. The highest BCUT2D eigenvalue weighted by Crippen LogP contribution is 2.51. The molecule has 1 aliphatic rings. The zero-order chi connectivity index (χ0) is 14.2. The van der Waals surface area contributed by atoms with E-state index in [1.165, 1.54) is 6.92 Å². The number of ether oxygens (including phenoxy) is 2. The summed E-state index contributed by atoms with van der Waals surface area (Å²) in [6.45, 7) is -0.601. The van der Waals surface area contributed by atoms with Gasteiger partial charge in [0.1, 0.15) is 6.61 Å². The van der Waals surface area contributed by atoms with E-state index < -0.39 is 43.0 Å². The lowest BCUT2D eigenvalue weighted by atomic mass is 9.98.